The number of carbonyl (C=O) groups is 1. The first-order valence-corrected chi connectivity index (χ1v) is 13.1. The molecule has 4 rings (SSSR count). The van der Waals surface area contributed by atoms with Crippen molar-refractivity contribution < 1.29 is 13.2 Å². The number of benzene rings is 2. The Morgan fingerprint density at radius 1 is 1.06 bits per heavy atom. The molecule has 0 radical (unpaired) electrons. The number of para-hydroxylation sites is 2. The monoisotopic (exact) mass is 468 g/mol. The molecule has 2 N–H and O–H groups in total. The largest absolute Gasteiger partial charge is 0.346 e. The Balaban J connectivity index is 1.44. The molecule has 2 heterocycles. The average Bonchev–Trinajstić information content (AvgIpc) is 3.24. The second-order valence-electron chi connectivity index (χ2n) is 9.17. The van der Waals surface area contributed by atoms with Gasteiger partial charge in [0.05, 0.1) is 28.4 Å². The molecule has 1 aliphatic heterocycles. The molecule has 33 heavy (non-hydrogen) atoms. The number of rotatable bonds is 8. The van der Waals surface area contributed by atoms with Crippen molar-refractivity contribution in [2.75, 3.05) is 13.1 Å². The smallest absolute Gasteiger partial charge is 0.243 e. The molecule has 0 saturated carbocycles. The number of sulfonamides is 1. The Kier molecular flexibility index (Phi) is 7.14. The number of amides is 1. The molecule has 7 nitrogen and oxygen atoms in total. The van der Waals surface area contributed by atoms with Crippen molar-refractivity contribution >= 4 is 27.0 Å². The lowest BCUT2D eigenvalue weighted by molar-refractivity contribution is -0.121. The molecule has 0 spiro atoms. The maximum absolute atomic E-state index is 12.8. The Morgan fingerprint density at radius 2 is 1.76 bits per heavy atom. The van der Waals surface area contributed by atoms with Gasteiger partial charge >= 0.3 is 0 Å². The third-order valence-corrected chi connectivity index (χ3v) is 7.93. The lowest BCUT2D eigenvalue weighted by Gasteiger charge is -2.25. The summed E-state index contributed by atoms with van der Waals surface area (Å²) in [6.07, 6.45) is 3.82. The first kappa shape index (κ1) is 23.4. The number of hydrogen-bond donors (Lipinski definition) is 2. The van der Waals surface area contributed by atoms with E-state index in [-0.39, 0.29) is 23.3 Å². The summed E-state index contributed by atoms with van der Waals surface area (Å²) >= 11 is 0. The van der Waals surface area contributed by atoms with Crippen LogP contribution in [-0.4, -0.2) is 41.7 Å². The predicted molar refractivity (Wildman–Crippen MR) is 129 cm³/mol. The fourth-order valence-electron chi connectivity index (χ4n) is 4.31. The van der Waals surface area contributed by atoms with E-state index < -0.39 is 10.0 Å². The number of carbonyl (C=O) groups excluding carboxylic acids is 1. The third kappa shape index (κ3) is 5.62. The first-order chi connectivity index (χ1) is 15.8. The van der Waals surface area contributed by atoms with Gasteiger partial charge in [0.1, 0.15) is 5.82 Å². The maximum atomic E-state index is 12.8. The number of piperidine rings is 1. The Hall–Kier alpha value is -2.71. The van der Waals surface area contributed by atoms with Crippen LogP contribution in [0.1, 0.15) is 57.0 Å². The van der Waals surface area contributed by atoms with E-state index in [1.54, 1.807) is 28.6 Å². The quantitative estimate of drug-likeness (QED) is 0.518. The second-order valence-corrected chi connectivity index (χ2v) is 11.1. The van der Waals surface area contributed by atoms with E-state index in [9.17, 15) is 13.2 Å². The summed E-state index contributed by atoms with van der Waals surface area (Å²) in [6, 6.07) is 14.3. The number of imidazole rings is 1. The van der Waals surface area contributed by atoms with Crippen LogP contribution < -0.4 is 5.32 Å². The highest BCUT2D eigenvalue weighted by atomic mass is 32.2. The molecular weight excluding hydrogens is 436 g/mol. The van der Waals surface area contributed by atoms with E-state index in [0.29, 0.717) is 19.0 Å². The third-order valence-electron chi connectivity index (χ3n) is 6.02. The van der Waals surface area contributed by atoms with E-state index >= 15 is 0 Å². The van der Waals surface area contributed by atoms with Gasteiger partial charge in [-0.1, -0.05) is 44.5 Å². The van der Waals surface area contributed by atoms with Crippen molar-refractivity contribution in [1.82, 2.24) is 19.6 Å². The molecule has 176 valence electrons. The molecule has 1 atom stereocenters. The molecule has 1 saturated heterocycles. The van der Waals surface area contributed by atoms with Gasteiger partial charge in [0, 0.05) is 13.1 Å². The van der Waals surface area contributed by atoms with E-state index in [0.717, 1.165) is 48.1 Å². The number of nitrogens with one attached hydrogen (secondary N) is 2. The van der Waals surface area contributed by atoms with Crippen molar-refractivity contribution in [3.8, 4) is 0 Å². The zero-order chi connectivity index (χ0) is 23.4. The highest BCUT2D eigenvalue weighted by molar-refractivity contribution is 7.89. The summed E-state index contributed by atoms with van der Waals surface area (Å²) < 4.78 is 27.2. The Labute approximate surface area is 195 Å². The predicted octanol–water partition coefficient (Wildman–Crippen LogP) is 4.18. The van der Waals surface area contributed by atoms with Gasteiger partial charge in [0.2, 0.25) is 15.9 Å². The highest BCUT2D eigenvalue weighted by Gasteiger charge is 2.26. The first-order valence-electron chi connectivity index (χ1n) is 11.7. The summed E-state index contributed by atoms with van der Waals surface area (Å²) in [5.74, 6) is 1.01. The zero-order valence-corrected chi connectivity index (χ0v) is 20.1. The molecule has 8 heteroatoms. The molecule has 1 amide bonds. The van der Waals surface area contributed by atoms with Crippen LogP contribution in [0.4, 0.5) is 0 Å². The second kappa shape index (κ2) is 10.1. The standard InChI is InChI=1S/C25H32N4O3S/c1-18(2)16-23(25-27-21-8-4-5-9-22(21)28-25)26-24(30)17-19-10-12-20(13-11-19)33(31,32)29-14-6-3-7-15-29/h4-5,8-13,18,23H,3,6-7,14-17H2,1-2H3,(H,26,30)(H,27,28). The van der Waals surface area contributed by atoms with Gasteiger partial charge in [-0.25, -0.2) is 13.4 Å². The van der Waals surface area contributed by atoms with Crippen molar-refractivity contribution in [3.05, 3.63) is 59.9 Å². The summed E-state index contributed by atoms with van der Waals surface area (Å²) in [7, 11) is -3.47. The normalized spacial score (nSPS) is 16.2. The summed E-state index contributed by atoms with van der Waals surface area (Å²) in [5, 5.41) is 3.11. The van der Waals surface area contributed by atoms with Crippen LogP contribution in [0.5, 0.6) is 0 Å². The minimum absolute atomic E-state index is 0.118. The molecule has 1 aromatic heterocycles. The van der Waals surface area contributed by atoms with Crippen LogP contribution in [-0.2, 0) is 21.2 Å². The van der Waals surface area contributed by atoms with Gasteiger partial charge in [-0.3, -0.25) is 4.79 Å². The summed E-state index contributed by atoms with van der Waals surface area (Å²) in [4.78, 5) is 21.1. The van der Waals surface area contributed by atoms with Crippen LogP contribution >= 0.6 is 0 Å². The summed E-state index contributed by atoms with van der Waals surface area (Å²) in [6.45, 7) is 5.38. The van der Waals surface area contributed by atoms with Gasteiger partial charge in [-0.15, -0.1) is 0 Å². The maximum Gasteiger partial charge on any atom is 0.243 e. The van der Waals surface area contributed by atoms with E-state index in [2.05, 4.69) is 29.1 Å². The average molecular weight is 469 g/mol. The molecule has 3 aromatic rings. The molecule has 1 fully saturated rings. The summed E-state index contributed by atoms with van der Waals surface area (Å²) in [5.41, 5.74) is 2.60. The SMILES string of the molecule is CC(C)CC(NC(=O)Cc1ccc(S(=O)(=O)N2CCCCC2)cc1)c1nc2ccccc2[nH]1. The molecule has 0 bridgehead atoms. The number of fused-ring (bicyclic) bond motifs is 1. The number of aromatic nitrogens is 2. The minimum atomic E-state index is -3.47. The fourth-order valence-corrected chi connectivity index (χ4v) is 5.83. The van der Waals surface area contributed by atoms with Crippen molar-refractivity contribution in [2.24, 2.45) is 5.92 Å². The minimum Gasteiger partial charge on any atom is -0.346 e. The molecule has 1 aliphatic rings. The molecule has 0 aliphatic carbocycles. The van der Waals surface area contributed by atoms with Crippen molar-refractivity contribution in [2.45, 2.75) is 56.9 Å². The van der Waals surface area contributed by atoms with Crippen LogP contribution in [0, 0.1) is 5.92 Å². The highest BCUT2D eigenvalue weighted by Crippen LogP contribution is 2.23. The Bertz CT molecular complexity index is 1160. The number of hydrogen-bond acceptors (Lipinski definition) is 4. The lowest BCUT2D eigenvalue weighted by Crippen LogP contribution is -2.35. The van der Waals surface area contributed by atoms with Crippen LogP contribution in [0.3, 0.4) is 0 Å². The lowest BCUT2D eigenvalue weighted by atomic mass is 10.0. The van der Waals surface area contributed by atoms with Gasteiger partial charge in [-0.2, -0.15) is 4.31 Å². The number of nitrogens with zero attached hydrogens (tertiary/aromatic N) is 2. The Morgan fingerprint density at radius 3 is 2.42 bits per heavy atom. The van der Waals surface area contributed by atoms with Crippen molar-refractivity contribution in [1.29, 1.82) is 0 Å². The van der Waals surface area contributed by atoms with Gasteiger partial charge in [0.15, 0.2) is 0 Å². The van der Waals surface area contributed by atoms with Gasteiger partial charge in [0.25, 0.3) is 0 Å². The van der Waals surface area contributed by atoms with Crippen LogP contribution in [0.15, 0.2) is 53.4 Å². The van der Waals surface area contributed by atoms with Crippen LogP contribution in [0.25, 0.3) is 11.0 Å². The topological polar surface area (TPSA) is 95.2 Å². The van der Waals surface area contributed by atoms with Crippen LogP contribution in [0.2, 0.25) is 0 Å². The fraction of sp³-hybridized carbons (Fsp3) is 0.440. The van der Waals surface area contributed by atoms with Crippen molar-refractivity contribution in [3.63, 3.8) is 0 Å². The molecule has 2 aromatic carbocycles. The van der Waals surface area contributed by atoms with E-state index in [1.165, 1.54) is 0 Å². The molecular formula is C25H32N4O3S. The van der Waals surface area contributed by atoms with E-state index in [1.807, 2.05) is 24.3 Å². The zero-order valence-electron chi connectivity index (χ0n) is 19.3. The van der Waals surface area contributed by atoms with Gasteiger partial charge < -0.3 is 10.3 Å². The molecule has 1 unspecified atom stereocenters. The van der Waals surface area contributed by atoms with E-state index in [4.69, 9.17) is 0 Å². The van der Waals surface area contributed by atoms with Gasteiger partial charge in [-0.05, 0) is 55.0 Å². The number of aromatic amines is 1. The number of H-pyrrole nitrogens is 1.